The minimum absolute atomic E-state index is 0.0103. The van der Waals surface area contributed by atoms with E-state index < -0.39 is 0 Å². The lowest BCUT2D eigenvalue weighted by Gasteiger charge is -2.32. The number of benzene rings is 3. The van der Waals surface area contributed by atoms with Crippen LogP contribution in [0, 0.1) is 0 Å². The molecule has 194 valence electrons. The molecule has 3 N–H and O–H groups in total. The zero-order chi connectivity index (χ0) is 25.5. The number of hydrogen-bond acceptors (Lipinski definition) is 5. The summed E-state index contributed by atoms with van der Waals surface area (Å²) >= 11 is 0. The highest BCUT2D eigenvalue weighted by atomic mass is 16.5. The summed E-state index contributed by atoms with van der Waals surface area (Å²) in [6, 6.07) is 26.5. The summed E-state index contributed by atoms with van der Waals surface area (Å²) in [7, 11) is 0. The molecule has 2 heterocycles. The fourth-order valence-corrected chi connectivity index (χ4v) is 5.38. The number of nitrogens with zero attached hydrogens (tertiary/aromatic N) is 2. The summed E-state index contributed by atoms with van der Waals surface area (Å²) in [5, 5.41) is 3.25. The maximum atomic E-state index is 13.0. The number of carbonyl (C=O) groups is 1. The van der Waals surface area contributed by atoms with Gasteiger partial charge in [-0.2, -0.15) is 0 Å². The molecule has 0 aliphatic carbocycles. The van der Waals surface area contributed by atoms with Crippen molar-refractivity contribution < 1.29 is 9.53 Å². The van der Waals surface area contributed by atoms with E-state index in [-0.39, 0.29) is 18.1 Å². The van der Waals surface area contributed by atoms with E-state index in [1.165, 1.54) is 11.1 Å². The van der Waals surface area contributed by atoms with Crippen molar-refractivity contribution in [1.82, 2.24) is 15.1 Å². The Hall–Kier alpha value is -3.35. The molecule has 1 amide bonds. The van der Waals surface area contributed by atoms with Crippen LogP contribution in [0.4, 0.5) is 5.69 Å². The van der Waals surface area contributed by atoms with Gasteiger partial charge in [0.05, 0.1) is 0 Å². The molecule has 0 unspecified atom stereocenters. The van der Waals surface area contributed by atoms with E-state index in [1.807, 2.05) is 42.5 Å². The molecule has 0 radical (unpaired) electrons. The molecular weight excluding hydrogens is 460 g/mol. The minimum atomic E-state index is -0.0103. The van der Waals surface area contributed by atoms with Crippen LogP contribution in [0.2, 0.25) is 0 Å². The molecule has 3 aromatic carbocycles. The van der Waals surface area contributed by atoms with Gasteiger partial charge in [0.1, 0.15) is 11.9 Å². The Morgan fingerprint density at radius 2 is 1.43 bits per heavy atom. The number of piperidine rings is 2. The smallest absolute Gasteiger partial charge is 0.251 e. The van der Waals surface area contributed by atoms with Gasteiger partial charge in [-0.25, -0.2) is 0 Å². The molecule has 2 aliphatic rings. The van der Waals surface area contributed by atoms with Crippen molar-refractivity contribution in [2.75, 3.05) is 31.9 Å². The second kappa shape index (κ2) is 12.3. The quantitative estimate of drug-likeness (QED) is 0.441. The third-order valence-corrected chi connectivity index (χ3v) is 7.46. The summed E-state index contributed by atoms with van der Waals surface area (Å²) in [6.07, 6.45) is 4.07. The number of likely N-dealkylation sites (tertiary alicyclic amines) is 2. The van der Waals surface area contributed by atoms with Gasteiger partial charge in [-0.3, -0.25) is 14.6 Å². The number of hydrogen-bond donors (Lipinski definition) is 2. The molecule has 5 rings (SSSR count). The van der Waals surface area contributed by atoms with Crippen molar-refractivity contribution in [2.45, 2.75) is 50.9 Å². The number of nitrogens with one attached hydrogen (secondary N) is 1. The molecule has 0 saturated carbocycles. The van der Waals surface area contributed by atoms with Gasteiger partial charge < -0.3 is 15.8 Å². The Balaban J connectivity index is 1.06. The van der Waals surface area contributed by atoms with Gasteiger partial charge in [0.2, 0.25) is 0 Å². The van der Waals surface area contributed by atoms with Crippen molar-refractivity contribution >= 4 is 11.6 Å². The molecule has 37 heavy (non-hydrogen) atoms. The standard InChI is InChI=1S/C31H38N4O2/c32-27-10-4-8-25(20-27)23-35-18-14-29(15-19-35)37-30-11-5-9-26(21-30)31(36)33-28-12-16-34(17-13-28)22-24-6-2-1-3-7-24/h1-11,20-21,28-29H,12-19,22-23,32H2,(H,33,36). The Bertz CT molecular complexity index is 1150. The Kier molecular flexibility index (Phi) is 8.39. The number of nitrogens with two attached hydrogens (primary N) is 1. The van der Waals surface area contributed by atoms with E-state index in [2.05, 4.69) is 51.5 Å². The lowest BCUT2D eigenvalue weighted by molar-refractivity contribution is 0.0901. The van der Waals surface area contributed by atoms with Gasteiger partial charge in [-0.05, 0) is 67.1 Å². The van der Waals surface area contributed by atoms with Crippen LogP contribution in [0.5, 0.6) is 5.75 Å². The van der Waals surface area contributed by atoms with E-state index in [0.717, 1.165) is 76.4 Å². The second-order valence-corrected chi connectivity index (χ2v) is 10.4. The highest BCUT2D eigenvalue weighted by Gasteiger charge is 2.23. The Labute approximate surface area is 220 Å². The number of amides is 1. The SMILES string of the molecule is Nc1cccc(CN2CCC(Oc3cccc(C(=O)NC4CCN(Cc5ccccc5)CC4)c3)CC2)c1. The largest absolute Gasteiger partial charge is 0.490 e. The van der Waals surface area contributed by atoms with Crippen LogP contribution in [-0.2, 0) is 13.1 Å². The van der Waals surface area contributed by atoms with E-state index in [1.54, 1.807) is 0 Å². The Morgan fingerprint density at radius 1 is 0.784 bits per heavy atom. The van der Waals surface area contributed by atoms with E-state index in [4.69, 9.17) is 10.5 Å². The van der Waals surface area contributed by atoms with Crippen LogP contribution in [0.3, 0.4) is 0 Å². The predicted octanol–water partition coefficient (Wildman–Crippen LogP) is 4.71. The first kappa shape index (κ1) is 25.3. The number of anilines is 1. The molecule has 6 heteroatoms. The Morgan fingerprint density at radius 3 is 2.16 bits per heavy atom. The minimum Gasteiger partial charge on any atom is -0.490 e. The number of carbonyl (C=O) groups excluding carboxylic acids is 1. The van der Waals surface area contributed by atoms with Gasteiger partial charge in [0, 0.05) is 56.6 Å². The molecule has 2 fully saturated rings. The van der Waals surface area contributed by atoms with Crippen LogP contribution in [0.1, 0.15) is 47.2 Å². The summed E-state index contributed by atoms with van der Waals surface area (Å²) in [6.45, 7) is 5.86. The molecule has 0 bridgehead atoms. The molecule has 0 aromatic heterocycles. The highest BCUT2D eigenvalue weighted by Crippen LogP contribution is 2.22. The topological polar surface area (TPSA) is 70.8 Å². The molecule has 2 saturated heterocycles. The van der Waals surface area contributed by atoms with E-state index in [9.17, 15) is 4.79 Å². The lowest BCUT2D eigenvalue weighted by atomic mass is 10.0. The van der Waals surface area contributed by atoms with Crippen molar-refractivity contribution in [3.05, 3.63) is 95.6 Å². The van der Waals surface area contributed by atoms with Crippen LogP contribution in [0.25, 0.3) is 0 Å². The molecular formula is C31H38N4O2. The third kappa shape index (κ3) is 7.34. The van der Waals surface area contributed by atoms with Crippen LogP contribution < -0.4 is 15.8 Å². The molecule has 6 nitrogen and oxygen atoms in total. The predicted molar refractivity (Wildman–Crippen MR) is 148 cm³/mol. The summed E-state index contributed by atoms with van der Waals surface area (Å²) in [5.41, 5.74) is 9.99. The average Bonchev–Trinajstić information content (AvgIpc) is 2.92. The zero-order valence-electron chi connectivity index (χ0n) is 21.5. The average molecular weight is 499 g/mol. The van der Waals surface area contributed by atoms with E-state index in [0.29, 0.717) is 5.56 Å². The van der Waals surface area contributed by atoms with Crippen LogP contribution >= 0.6 is 0 Å². The van der Waals surface area contributed by atoms with Crippen LogP contribution in [-0.4, -0.2) is 54.0 Å². The lowest BCUT2D eigenvalue weighted by Crippen LogP contribution is -2.44. The molecule has 0 atom stereocenters. The van der Waals surface area contributed by atoms with Gasteiger partial charge in [-0.1, -0.05) is 48.5 Å². The van der Waals surface area contributed by atoms with Crippen LogP contribution in [0.15, 0.2) is 78.9 Å². The molecule has 2 aliphatic heterocycles. The highest BCUT2D eigenvalue weighted by molar-refractivity contribution is 5.94. The summed E-state index contributed by atoms with van der Waals surface area (Å²) in [4.78, 5) is 17.9. The first-order valence-corrected chi connectivity index (χ1v) is 13.5. The number of rotatable bonds is 8. The molecule has 3 aromatic rings. The number of nitrogen functional groups attached to an aromatic ring is 1. The van der Waals surface area contributed by atoms with Crippen molar-refractivity contribution in [3.8, 4) is 5.75 Å². The maximum Gasteiger partial charge on any atom is 0.251 e. The maximum absolute atomic E-state index is 13.0. The van der Waals surface area contributed by atoms with Gasteiger partial charge in [0.15, 0.2) is 0 Å². The first-order valence-electron chi connectivity index (χ1n) is 13.5. The zero-order valence-corrected chi connectivity index (χ0v) is 21.5. The fraction of sp³-hybridized carbons (Fsp3) is 0.387. The molecule has 0 spiro atoms. The summed E-state index contributed by atoms with van der Waals surface area (Å²) < 4.78 is 6.29. The fourth-order valence-electron chi connectivity index (χ4n) is 5.38. The van der Waals surface area contributed by atoms with Crippen molar-refractivity contribution in [1.29, 1.82) is 0 Å². The second-order valence-electron chi connectivity index (χ2n) is 10.4. The summed E-state index contributed by atoms with van der Waals surface area (Å²) in [5.74, 6) is 0.767. The van der Waals surface area contributed by atoms with E-state index >= 15 is 0 Å². The first-order chi connectivity index (χ1) is 18.1. The van der Waals surface area contributed by atoms with Crippen molar-refractivity contribution in [3.63, 3.8) is 0 Å². The third-order valence-electron chi connectivity index (χ3n) is 7.46. The van der Waals surface area contributed by atoms with Gasteiger partial charge >= 0.3 is 0 Å². The number of ether oxygens (including phenoxy) is 1. The van der Waals surface area contributed by atoms with Gasteiger partial charge in [0.25, 0.3) is 5.91 Å². The van der Waals surface area contributed by atoms with Gasteiger partial charge in [-0.15, -0.1) is 0 Å². The normalized spacial score (nSPS) is 17.9. The monoisotopic (exact) mass is 498 g/mol. The van der Waals surface area contributed by atoms with Crippen molar-refractivity contribution in [2.24, 2.45) is 0 Å².